The Morgan fingerprint density at radius 1 is 1.38 bits per heavy atom. The van der Waals surface area contributed by atoms with Crippen LogP contribution in [0.15, 0.2) is 39.5 Å². The molecule has 0 saturated carbocycles. The van der Waals surface area contributed by atoms with Crippen molar-refractivity contribution in [1.82, 2.24) is 0 Å². The largest absolute Gasteiger partial charge is 0.476 e. The number of benzene rings is 1. The monoisotopic (exact) mass is 215 g/mol. The number of nitriles is 1. The maximum Gasteiger partial charge on any atom is 0.336 e. The minimum atomic E-state index is -0.534. The van der Waals surface area contributed by atoms with Crippen LogP contribution < -0.4 is 10.4 Å². The van der Waals surface area contributed by atoms with Gasteiger partial charge in [-0.15, -0.1) is 0 Å². The van der Waals surface area contributed by atoms with Gasteiger partial charge < -0.3 is 9.15 Å². The molecule has 0 N–H and O–H groups in total. The molecule has 0 bridgehead atoms. The first-order valence-corrected chi connectivity index (χ1v) is 4.79. The van der Waals surface area contributed by atoms with Crippen molar-refractivity contribution in [3.05, 3.63) is 40.8 Å². The molecule has 0 fully saturated rings. The smallest absolute Gasteiger partial charge is 0.336 e. The van der Waals surface area contributed by atoms with Crippen LogP contribution in [-0.4, -0.2) is 6.10 Å². The molecule has 0 radical (unpaired) electrons. The topological polar surface area (TPSA) is 63.2 Å². The summed E-state index contributed by atoms with van der Waals surface area (Å²) in [6.07, 6.45) is -0.534. The molecule has 16 heavy (non-hydrogen) atoms. The van der Waals surface area contributed by atoms with E-state index in [0.717, 1.165) is 5.39 Å². The SMILES string of the molecule is C[C@@H](C#N)Oc1ccc2ccc(=O)oc2c1. The van der Waals surface area contributed by atoms with E-state index in [2.05, 4.69) is 0 Å². The molecule has 0 aliphatic rings. The lowest BCUT2D eigenvalue weighted by atomic mass is 10.2. The predicted molar refractivity (Wildman–Crippen MR) is 58.2 cm³/mol. The molecule has 1 atom stereocenters. The van der Waals surface area contributed by atoms with E-state index in [-0.39, 0.29) is 0 Å². The minimum Gasteiger partial charge on any atom is -0.476 e. The van der Waals surface area contributed by atoms with Gasteiger partial charge in [0.05, 0.1) is 0 Å². The Bertz CT molecular complexity index is 609. The van der Waals surface area contributed by atoms with Crippen molar-refractivity contribution >= 4 is 11.0 Å². The van der Waals surface area contributed by atoms with Crippen LogP contribution in [0.4, 0.5) is 0 Å². The highest BCUT2D eigenvalue weighted by molar-refractivity contribution is 5.77. The van der Waals surface area contributed by atoms with E-state index in [0.29, 0.717) is 11.3 Å². The standard InChI is InChI=1S/C12H9NO3/c1-8(7-13)15-10-4-2-9-3-5-12(14)16-11(9)6-10/h2-6,8H,1H3/t8-/m0/s1. The van der Waals surface area contributed by atoms with Crippen molar-refractivity contribution in [1.29, 1.82) is 5.26 Å². The van der Waals surface area contributed by atoms with Crippen molar-refractivity contribution in [2.75, 3.05) is 0 Å². The van der Waals surface area contributed by atoms with Gasteiger partial charge in [-0.25, -0.2) is 4.79 Å². The van der Waals surface area contributed by atoms with Crippen molar-refractivity contribution in [2.24, 2.45) is 0 Å². The first-order chi connectivity index (χ1) is 7.69. The zero-order valence-corrected chi connectivity index (χ0v) is 8.64. The molecule has 1 aromatic heterocycles. The maximum absolute atomic E-state index is 11.0. The molecule has 0 amide bonds. The van der Waals surface area contributed by atoms with Gasteiger partial charge in [0.2, 0.25) is 0 Å². The third kappa shape index (κ3) is 2.04. The van der Waals surface area contributed by atoms with Gasteiger partial charge in [-0.05, 0) is 25.1 Å². The second-order valence-electron chi connectivity index (χ2n) is 3.34. The molecule has 0 unspecified atom stereocenters. The van der Waals surface area contributed by atoms with Gasteiger partial charge in [0.25, 0.3) is 0 Å². The molecule has 0 aliphatic heterocycles. The van der Waals surface area contributed by atoms with Crippen LogP contribution in [0.1, 0.15) is 6.92 Å². The first-order valence-electron chi connectivity index (χ1n) is 4.79. The Labute approximate surface area is 91.7 Å². The van der Waals surface area contributed by atoms with Crippen molar-refractivity contribution < 1.29 is 9.15 Å². The fourth-order valence-electron chi connectivity index (χ4n) is 1.34. The van der Waals surface area contributed by atoms with Crippen molar-refractivity contribution in [2.45, 2.75) is 13.0 Å². The summed E-state index contributed by atoms with van der Waals surface area (Å²) in [5.41, 5.74) is 0.0492. The molecule has 4 nitrogen and oxygen atoms in total. The van der Waals surface area contributed by atoms with Gasteiger partial charge in [0.15, 0.2) is 6.10 Å². The van der Waals surface area contributed by atoms with E-state index in [1.807, 2.05) is 6.07 Å². The Morgan fingerprint density at radius 3 is 2.88 bits per heavy atom. The molecule has 0 spiro atoms. The Morgan fingerprint density at radius 2 is 2.12 bits per heavy atom. The lowest BCUT2D eigenvalue weighted by Crippen LogP contribution is -2.07. The molecule has 0 saturated heterocycles. The predicted octanol–water partition coefficient (Wildman–Crippen LogP) is 2.08. The number of ether oxygens (including phenoxy) is 1. The second kappa shape index (κ2) is 4.07. The number of nitrogens with zero attached hydrogens (tertiary/aromatic N) is 1. The normalized spacial score (nSPS) is 12.0. The van der Waals surface area contributed by atoms with E-state index < -0.39 is 11.7 Å². The number of fused-ring (bicyclic) bond motifs is 1. The zero-order valence-electron chi connectivity index (χ0n) is 8.64. The number of hydrogen-bond acceptors (Lipinski definition) is 4. The fraction of sp³-hybridized carbons (Fsp3) is 0.167. The van der Waals surface area contributed by atoms with Crippen LogP contribution in [0.3, 0.4) is 0 Å². The van der Waals surface area contributed by atoms with Crippen molar-refractivity contribution in [3.8, 4) is 11.8 Å². The fourth-order valence-corrected chi connectivity index (χ4v) is 1.34. The number of rotatable bonds is 2. The molecular formula is C12H9NO3. The average molecular weight is 215 g/mol. The highest BCUT2D eigenvalue weighted by atomic mass is 16.5. The van der Waals surface area contributed by atoms with Gasteiger partial charge in [0.1, 0.15) is 17.4 Å². The molecular weight excluding hydrogens is 206 g/mol. The van der Waals surface area contributed by atoms with E-state index >= 15 is 0 Å². The summed E-state index contributed by atoms with van der Waals surface area (Å²) in [6.45, 7) is 1.64. The lowest BCUT2D eigenvalue weighted by Gasteiger charge is -2.07. The van der Waals surface area contributed by atoms with Crippen LogP contribution >= 0.6 is 0 Å². The molecule has 0 aliphatic carbocycles. The Kier molecular flexibility index (Phi) is 2.61. The van der Waals surface area contributed by atoms with Gasteiger partial charge in [0, 0.05) is 17.5 Å². The molecule has 80 valence electrons. The second-order valence-corrected chi connectivity index (χ2v) is 3.34. The highest BCUT2D eigenvalue weighted by Gasteiger charge is 2.04. The van der Waals surface area contributed by atoms with Crippen LogP contribution in [0.25, 0.3) is 11.0 Å². The minimum absolute atomic E-state index is 0.405. The Balaban J connectivity index is 2.43. The Hall–Kier alpha value is -2.28. The maximum atomic E-state index is 11.0. The van der Waals surface area contributed by atoms with Gasteiger partial charge in [-0.3, -0.25) is 0 Å². The highest BCUT2D eigenvalue weighted by Crippen LogP contribution is 2.20. The van der Waals surface area contributed by atoms with Crippen LogP contribution in [-0.2, 0) is 0 Å². The summed E-state index contributed by atoms with van der Waals surface area (Å²) >= 11 is 0. The summed E-state index contributed by atoms with van der Waals surface area (Å²) in [5.74, 6) is 0.510. The van der Waals surface area contributed by atoms with Crippen LogP contribution in [0.5, 0.6) is 5.75 Å². The van der Waals surface area contributed by atoms with Gasteiger partial charge in [-0.1, -0.05) is 0 Å². The van der Waals surface area contributed by atoms with Crippen molar-refractivity contribution in [3.63, 3.8) is 0 Å². The molecule has 1 aromatic carbocycles. The van der Waals surface area contributed by atoms with Crippen LogP contribution in [0, 0.1) is 11.3 Å². The molecule has 1 heterocycles. The first kappa shape index (κ1) is 10.2. The summed E-state index contributed by atoms with van der Waals surface area (Å²) in [5, 5.41) is 9.42. The molecule has 4 heteroatoms. The van der Waals surface area contributed by atoms with Gasteiger partial charge >= 0.3 is 5.63 Å². The lowest BCUT2D eigenvalue weighted by molar-refractivity contribution is 0.276. The third-order valence-corrected chi connectivity index (χ3v) is 2.09. The molecule has 2 aromatic rings. The summed E-state index contributed by atoms with van der Waals surface area (Å²) in [7, 11) is 0. The van der Waals surface area contributed by atoms with Crippen LogP contribution in [0.2, 0.25) is 0 Å². The van der Waals surface area contributed by atoms with E-state index in [1.54, 1.807) is 31.2 Å². The average Bonchev–Trinajstić information content (AvgIpc) is 2.28. The van der Waals surface area contributed by atoms with Gasteiger partial charge in [-0.2, -0.15) is 5.26 Å². The van der Waals surface area contributed by atoms with E-state index in [1.165, 1.54) is 6.07 Å². The molecule has 2 rings (SSSR count). The van der Waals surface area contributed by atoms with E-state index in [4.69, 9.17) is 14.4 Å². The van der Waals surface area contributed by atoms with E-state index in [9.17, 15) is 4.79 Å². The summed E-state index contributed by atoms with van der Waals surface area (Å²) in [6, 6.07) is 10.1. The quantitative estimate of drug-likeness (QED) is 0.719. The summed E-state index contributed by atoms with van der Waals surface area (Å²) in [4.78, 5) is 11.0. The summed E-state index contributed by atoms with van der Waals surface area (Å²) < 4.78 is 10.3. The number of hydrogen-bond donors (Lipinski definition) is 0. The third-order valence-electron chi connectivity index (χ3n) is 2.09. The zero-order chi connectivity index (χ0) is 11.5.